The first-order chi connectivity index (χ1) is 14.0. The van der Waals surface area contributed by atoms with Gasteiger partial charge in [-0.2, -0.15) is 13.2 Å². The minimum atomic E-state index is -4.42. The van der Waals surface area contributed by atoms with E-state index in [2.05, 4.69) is 42.3 Å². The second-order valence-electron chi connectivity index (χ2n) is 6.18. The number of aliphatic imine (C=N–C) groups is 1. The van der Waals surface area contributed by atoms with E-state index in [4.69, 9.17) is 0 Å². The van der Waals surface area contributed by atoms with Gasteiger partial charge in [-0.3, -0.25) is 4.99 Å². The van der Waals surface area contributed by atoms with Gasteiger partial charge in [-0.05, 0) is 5.56 Å². The van der Waals surface area contributed by atoms with Crippen LogP contribution in [-0.2, 0) is 25.7 Å². The van der Waals surface area contributed by atoms with Gasteiger partial charge in [-0.25, -0.2) is 9.97 Å². The Bertz CT molecular complexity index is 939. The normalized spacial score (nSPS) is 11.8. The Morgan fingerprint density at radius 3 is 2.63 bits per heavy atom. The number of thiazole rings is 1. The highest BCUT2D eigenvalue weighted by molar-refractivity contribution is 14.0. The van der Waals surface area contributed by atoms with E-state index >= 15 is 0 Å². The molecule has 2 heterocycles. The van der Waals surface area contributed by atoms with E-state index in [-0.39, 0.29) is 30.5 Å². The van der Waals surface area contributed by atoms with Crippen LogP contribution in [0, 0.1) is 0 Å². The van der Waals surface area contributed by atoms with Crippen molar-refractivity contribution in [1.82, 2.24) is 25.2 Å². The van der Waals surface area contributed by atoms with Crippen LogP contribution in [0.5, 0.6) is 0 Å². The van der Waals surface area contributed by atoms with Gasteiger partial charge in [0.15, 0.2) is 11.7 Å². The summed E-state index contributed by atoms with van der Waals surface area (Å²) in [5.41, 5.74) is 0.325. The number of hydrogen-bond donors (Lipinski definition) is 2. The number of imidazole rings is 1. The molecule has 11 heteroatoms. The number of alkyl halides is 3. The molecule has 6 nitrogen and oxygen atoms in total. The van der Waals surface area contributed by atoms with Crippen LogP contribution in [0.3, 0.4) is 0 Å². The number of nitrogens with zero attached hydrogens (tertiary/aromatic N) is 4. The molecule has 0 aliphatic rings. The quantitative estimate of drug-likeness (QED) is 0.266. The number of nitrogens with one attached hydrogen (secondary N) is 2. The molecule has 0 atom stereocenters. The summed E-state index contributed by atoms with van der Waals surface area (Å²) in [6, 6.07) is 10.1. The molecule has 2 N–H and O–H groups in total. The van der Waals surface area contributed by atoms with Crippen LogP contribution >= 0.6 is 35.3 Å². The van der Waals surface area contributed by atoms with Gasteiger partial charge in [0.2, 0.25) is 0 Å². The molecule has 0 spiro atoms. The summed E-state index contributed by atoms with van der Waals surface area (Å²) in [7, 11) is 1.61. The molecule has 162 valence electrons. The molecule has 0 saturated heterocycles. The van der Waals surface area contributed by atoms with Crippen LogP contribution in [0.1, 0.15) is 22.1 Å². The van der Waals surface area contributed by atoms with Gasteiger partial charge in [-0.1, -0.05) is 30.3 Å². The lowest BCUT2D eigenvalue weighted by molar-refractivity contribution is -0.140. The minimum absolute atomic E-state index is 0. The van der Waals surface area contributed by atoms with Crippen molar-refractivity contribution >= 4 is 41.3 Å². The van der Waals surface area contributed by atoms with Crippen LogP contribution in [0.2, 0.25) is 0 Å². The first kappa shape index (κ1) is 24.1. The van der Waals surface area contributed by atoms with E-state index in [0.29, 0.717) is 23.9 Å². The molecular weight excluding hydrogens is 528 g/mol. The van der Waals surface area contributed by atoms with Crippen LogP contribution in [0.4, 0.5) is 13.2 Å². The van der Waals surface area contributed by atoms with Crippen molar-refractivity contribution in [2.24, 2.45) is 4.99 Å². The zero-order valence-corrected chi connectivity index (χ0v) is 19.3. The Balaban J connectivity index is 0.00000320. The van der Waals surface area contributed by atoms with Gasteiger partial charge < -0.3 is 15.2 Å². The predicted octanol–water partition coefficient (Wildman–Crippen LogP) is 3.93. The Morgan fingerprint density at radius 2 is 1.97 bits per heavy atom. The zero-order chi connectivity index (χ0) is 20.7. The van der Waals surface area contributed by atoms with Crippen molar-refractivity contribution in [3.63, 3.8) is 0 Å². The fourth-order valence-corrected chi connectivity index (χ4v) is 3.43. The minimum Gasteiger partial charge on any atom is -0.356 e. The lowest BCUT2D eigenvalue weighted by Crippen LogP contribution is -2.38. The van der Waals surface area contributed by atoms with Crippen LogP contribution < -0.4 is 10.6 Å². The van der Waals surface area contributed by atoms with E-state index < -0.39 is 11.9 Å². The first-order valence-electron chi connectivity index (χ1n) is 8.96. The summed E-state index contributed by atoms with van der Waals surface area (Å²) in [4.78, 5) is 12.1. The number of rotatable bonds is 7. The predicted molar refractivity (Wildman–Crippen MR) is 122 cm³/mol. The molecule has 3 rings (SSSR count). The number of hydrogen-bond acceptors (Lipinski definition) is 4. The van der Waals surface area contributed by atoms with Crippen molar-refractivity contribution in [2.45, 2.75) is 25.7 Å². The van der Waals surface area contributed by atoms with Crippen molar-refractivity contribution in [3.8, 4) is 0 Å². The SMILES string of the molecule is CN=C(NCCc1nccn1Cc1ccccc1)NCc1nc(C(F)(F)F)cs1.I. The lowest BCUT2D eigenvalue weighted by atomic mass is 10.2. The molecule has 0 aliphatic carbocycles. The third-order valence-electron chi connectivity index (χ3n) is 4.11. The molecule has 0 saturated carbocycles. The number of guanidine groups is 1. The highest BCUT2D eigenvalue weighted by Gasteiger charge is 2.33. The van der Waals surface area contributed by atoms with Gasteiger partial charge in [-0.15, -0.1) is 35.3 Å². The number of aromatic nitrogens is 3. The Kier molecular flexibility index (Phi) is 9.08. The van der Waals surface area contributed by atoms with Gasteiger partial charge in [0.25, 0.3) is 0 Å². The van der Waals surface area contributed by atoms with Crippen molar-refractivity contribution in [3.05, 3.63) is 70.2 Å². The maximum absolute atomic E-state index is 12.6. The smallest absolute Gasteiger partial charge is 0.356 e. The summed E-state index contributed by atoms with van der Waals surface area (Å²) < 4.78 is 39.9. The van der Waals surface area contributed by atoms with Gasteiger partial charge in [0.05, 0.1) is 6.54 Å². The van der Waals surface area contributed by atoms with E-state index in [1.807, 2.05) is 24.4 Å². The van der Waals surface area contributed by atoms with Crippen LogP contribution in [0.15, 0.2) is 53.1 Å². The van der Waals surface area contributed by atoms with E-state index in [0.717, 1.165) is 29.1 Å². The highest BCUT2D eigenvalue weighted by atomic mass is 127. The molecule has 0 amide bonds. The molecule has 0 unspecified atom stereocenters. The average Bonchev–Trinajstić information content (AvgIpc) is 3.35. The molecule has 0 fully saturated rings. The summed E-state index contributed by atoms with van der Waals surface area (Å²) in [6.45, 7) is 1.49. The molecule has 0 bridgehead atoms. The average molecular weight is 550 g/mol. The number of benzene rings is 1. The Morgan fingerprint density at radius 1 is 1.20 bits per heavy atom. The van der Waals surface area contributed by atoms with Gasteiger partial charge >= 0.3 is 6.18 Å². The Hall–Kier alpha value is -2.15. The van der Waals surface area contributed by atoms with Gasteiger partial charge in [0, 0.05) is 44.3 Å². The van der Waals surface area contributed by atoms with E-state index in [9.17, 15) is 13.2 Å². The fourth-order valence-electron chi connectivity index (χ4n) is 2.69. The van der Waals surface area contributed by atoms with Gasteiger partial charge in [0.1, 0.15) is 10.8 Å². The molecule has 0 radical (unpaired) electrons. The van der Waals surface area contributed by atoms with Crippen molar-refractivity contribution in [1.29, 1.82) is 0 Å². The lowest BCUT2D eigenvalue weighted by Gasteiger charge is -2.12. The van der Waals surface area contributed by atoms with Crippen LogP contribution in [-0.4, -0.2) is 34.1 Å². The molecule has 3 aromatic rings. The van der Waals surface area contributed by atoms with E-state index in [1.165, 1.54) is 5.56 Å². The molecular formula is C19H22F3IN6S. The van der Waals surface area contributed by atoms with Crippen molar-refractivity contribution < 1.29 is 13.2 Å². The second-order valence-corrected chi connectivity index (χ2v) is 7.13. The molecule has 2 aromatic heterocycles. The fraction of sp³-hybridized carbons (Fsp3) is 0.316. The standard InChI is InChI=1S/C19H21F3N6S.HI/c1-23-18(26-11-17-27-15(13-29-17)19(20,21)22)25-8-7-16-24-9-10-28(16)12-14-5-3-2-4-6-14;/h2-6,9-10,13H,7-8,11-12H2,1H3,(H2,23,25,26);1H. The summed E-state index contributed by atoms with van der Waals surface area (Å²) >= 11 is 0.964. The maximum atomic E-state index is 12.6. The topological polar surface area (TPSA) is 67.1 Å². The highest BCUT2D eigenvalue weighted by Crippen LogP contribution is 2.29. The first-order valence-corrected chi connectivity index (χ1v) is 9.83. The summed E-state index contributed by atoms with van der Waals surface area (Å²) in [5, 5.41) is 7.48. The third-order valence-corrected chi connectivity index (χ3v) is 4.96. The zero-order valence-electron chi connectivity index (χ0n) is 16.2. The van der Waals surface area contributed by atoms with Crippen molar-refractivity contribution in [2.75, 3.05) is 13.6 Å². The third kappa shape index (κ3) is 6.97. The van der Waals surface area contributed by atoms with E-state index in [1.54, 1.807) is 13.2 Å². The summed E-state index contributed by atoms with van der Waals surface area (Å²) in [5.74, 6) is 1.43. The maximum Gasteiger partial charge on any atom is 0.434 e. The molecule has 0 aliphatic heterocycles. The largest absolute Gasteiger partial charge is 0.434 e. The molecule has 30 heavy (non-hydrogen) atoms. The number of halogens is 4. The molecule has 1 aromatic carbocycles. The monoisotopic (exact) mass is 550 g/mol. The second kappa shape index (κ2) is 11.3. The van der Waals surface area contributed by atoms with Crippen LogP contribution in [0.25, 0.3) is 0 Å². The Labute approximate surface area is 193 Å². The summed E-state index contributed by atoms with van der Waals surface area (Å²) in [6.07, 6.45) is -0.0332.